The lowest BCUT2D eigenvalue weighted by molar-refractivity contribution is -0.139. The van der Waals surface area contributed by atoms with E-state index in [1.54, 1.807) is 18.4 Å². The molecule has 212 valence electrons. The predicted molar refractivity (Wildman–Crippen MR) is 163 cm³/mol. The van der Waals surface area contributed by atoms with Crippen molar-refractivity contribution in [1.82, 2.24) is 9.13 Å². The van der Waals surface area contributed by atoms with Crippen LogP contribution >= 0.6 is 22.9 Å². The van der Waals surface area contributed by atoms with E-state index in [-0.39, 0.29) is 12.2 Å². The Kier molecular flexibility index (Phi) is 8.07. The molecule has 1 aliphatic heterocycles. The summed E-state index contributed by atoms with van der Waals surface area (Å²) < 4.78 is 15.6. The zero-order chi connectivity index (χ0) is 29.4. The Morgan fingerprint density at radius 2 is 1.83 bits per heavy atom. The van der Waals surface area contributed by atoms with Crippen LogP contribution in [0.25, 0.3) is 11.8 Å². The van der Waals surface area contributed by atoms with Gasteiger partial charge in [0.25, 0.3) is 5.56 Å². The van der Waals surface area contributed by atoms with Crippen LogP contribution in [0, 0.1) is 20.8 Å². The number of carbonyl (C=O) groups is 1. The van der Waals surface area contributed by atoms with E-state index in [9.17, 15) is 9.59 Å². The van der Waals surface area contributed by atoms with Gasteiger partial charge in [0.15, 0.2) is 4.80 Å². The highest BCUT2D eigenvalue weighted by molar-refractivity contribution is 7.07. The average Bonchev–Trinajstić information content (AvgIpc) is 3.39. The molecule has 0 aliphatic carbocycles. The molecule has 0 N–H and O–H groups in total. The quantitative estimate of drug-likeness (QED) is 0.264. The van der Waals surface area contributed by atoms with Crippen molar-refractivity contribution >= 4 is 35.0 Å². The summed E-state index contributed by atoms with van der Waals surface area (Å²) in [5.41, 5.74) is 6.19. The number of para-hydroxylation sites is 1. The Labute approximate surface area is 247 Å². The molecule has 0 saturated carbocycles. The van der Waals surface area contributed by atoms with Crippen LogP contribution in [-0.2, 0) is 9.53 Å². The molecule has 2 aromatic heterocycles. The minimum absolute atomic E-state index is 0.210. The van der Waals surface area contributed by atoms with Gasteiger partial charge in [-0.05, 0) is 83.0 Å². The van der Waals surface area contributed by atoms with E-state index in [4.69, 9.17) is 26.1 Å². The van der Waals surface area contributed by atoms with E-state index < -0.39 is 12.0 Å². The van der Waals surface area contributed by atoms with Gasteiger partial charge in [-0.3, -0.25) is 9.36 Å². The number of rotatable bonds is 7. The number of thiazole rings is 1. The first-order chi connectivity index (χ1) is 19.7. The summed E-state index contributed by atoms with van der Waals surface area (Å²) in [7, 11) is 0. The van der Waals surface area contributed by atoms with E-state index in [0.29, 0.717) is 43.5 Å². The van der Waals surface area contributed by atoms with Crippen LogP contribution in [0.4, 0.5) is 0 Å². The van der Waals surface area contributed by atoms with Crippen LogP contribution in [0.1, 0.15) is 54.9 Å². The molecule has 7 nitrogen and oxygen atoms in total. The van der Waals surface area contributed by atoms with Crippen LogP contribution in [0.15, 0.2) is 69.6 Å². The molecule has 0 fully saturated rings. The molecule has 1 aliphatic rings. The van der Waals surface area contributed by atoms with Crippen molar-refractivity contribution in [2.45, 2.75) is 47.6 Å². The van der Waals surface area contributed by atoms with Gasteiger partial charge in [0, 0.05) is 27.7 Å². The number of hydrogen-bond acceptors (Lipinski definition) is 6. The first-order valence-electron chi connectivity index (χ1n) is 13.5. The summed E-state index contributed by atoms with van der Waals surface area (Å²) in [6.07, 6.45) is 1.90. The van der Waals surface area contributed by atoms with Gasteiger partial charge in [-0.2, -0.15) is 0 Å². The number of carbonyl (C=O) groups excluding carboxylic acids is 1. The summed E-state index contributed by atoms with van der Waals surface area (Å²) in [6.45, 7) is 12.1. The van der Waals surface area contributed by atoms with Gasteiger partial charge >= 0.3 is 5.97 Å². The molecule has 0 radical (unpaired) electrons. The molecule has 0 amide bonds. The van der Waals surface area contributed by atoms with E-state index in [1.807, 2.05) is 76.2 Å². The van der Waals surface area contributed by atoms with Crippen LogP contribution < -0.4 is 19.6 Å². The minimum Gasteiger partial charge on any atom is -0.494 e. The second-order valence-corrected chi connectivity index (χ2v) is 11.3. The fourth-order valence-corrected chi connectivity index (χ4v) is 6.48. The molecule has 0 bridgehead atoms. The Morgan fingerprint density at radius 3 is 2.54 bits per heavy atom. The maximum Gasteiger partial charge on any atom is 0.338 e. The highest BCUT2D eigenvalue weighted by atomic mass is 35.5. The van der Waals surface area contributed by atoms with E-state index in [1.165, 1.54) is 11.3 Å². The van der Waals surface area contributed by atoms with Crippen LogP contribution in [-0.4, -0.2) is 28.3 Å². The zero-order valence-corrected chi connectivity index (χ0v) is 25.5. The number of ether oxygens (including phenoxy) is 2. The van der Waals surface area contributed by atoms with Gasteiger partial charge in [-0.1, -0.05) is 47.2 Å². The number of aryl methyl sites for hydroxylation is 2. The third kappa shape index (κ3) is 5.18. The number of benzene rings is 2. The summed E-state index contributed by atoms with van der Waals surface area (Å²) >= 11 is 7.72. The second-order valence-electron chi connectivity index (χ2n) is 9.87. The predicted octanol–water partition coefficient (Wildman–Crippen LogP) is 5.57. The molecule has 5 rings (SSSR count). The smallest absolute Gasteiger partial charge is 0.338 e. The molecule has 0 saturated heterocycles. The standard InChI is InChI=1S/C32H32ClN3O4S/c1-7-39-26-12-10-9-11-24(26)29-28(31(38)40-8-2)20(5)34-32-36(29)30(37)27(41-32)16-22-15-19(4)35(21(22)6)23-14-13-18(3)25(33)17-23/h9-17,29H,7-8H2,1-6H3/b27-16-/t29-/m1/s1. The Bertz CT molecular complexity index is 1880. The van der Waals surface area contributed by atoms with Crippen LogP contribution in [0.2, 0.25) is 5.02 Å². The molecule has 1 atom stereocenters. The average molecular weight is 590 g/mol. The molecular formula is C32H32ClN3O4S. The van der Waals surface area contributed by atoms with Gasteiger partial charge in [-0.25, -0.2) is 9.79 Å². The molecule has 9 heteroatoms. The maximum absolute atomic E-state index is 14.1. The molecular weight excluding hydrogens is 558 g/mol. The number of esters is 1. The number of allylic oxidation sites excluding steroid dienone is 1. The van der Waals surface area contributed by atoms with Crippen molar-refractivity contribution in [1.29, 1.82) is 0 Å². The Morgan fingerprint density at radius 1 is 1.07 bits per heavy atom. The largest absolute Gasteiger partial charge is 0.494 e. The topological polar surface area (TPSA) is 74.8 Å². The number of fused-ring (bicyclic) bond motifs is 1. The summed E-state index contributed by atoms with van der Waals surface area (Å²) in [5.74, 6) is 0.103. The highest BCUT2D eigenvalue weighted by Crippen LogP contribution is 2.36. The van der Waals surface area contributed by atoms with Gasteiger partial charge < -0.3 is 14.0 Å². The van der Waals surface area contributed by atoms with Crippen LogP contribution in [0.3, 0.4) is 0 Å². The third-order valence-electron chi connectivity index (χ3n) is 7.20. The van der Waals surface area contributed by atoms with Crippen molar-refractivity contribution in [3.8, 4) is 11.4 Å². The molecule has 0 unspecified atom stereocenters. The minimum atomic E-state index is -0.739. The number of aromatic nitrogens is 2. The molecule has 41 heavy (non-hydrogen) atoms. The lowest BCUT2D eigenvalue weighted by Gasteiger charge is -2.26. The van der Waals surface area contributed by atoms with Gasteiger partial charge in [-0.15, -0.1) is 0 Å². The first-order valence-corrected chi connectivity index (χ1v) is 14.7. The summed E-state index contributed by atoms with van der Waals surface area (Å²) in [4.78, 5) is 32.5. The normalized spacial score (nSPS) is 15.1. The highest BCUT2D eigenvalue weighted by Gasteiger charge is 2.35. The number of hydrogen-bond donors (Lipinski definition) is 0. The van der Waals surface area contributed by atoms with Gasteiger partial charge in [0.1, 0.15) is 11.8 Å². The number of halogens is 1. The maximum atomic E-state index is 14.1. The summed E-state index contributed by atoms with van der Waals surface area (Å²) in [6, 6.07) is 14.8. The second kappa shape index (κ2) is 11.5. The van der Waals surface area contributed by atoms with Crippen molar-refractivity contribution in [2.24, 2.45) is 4.99 Å². The Balaban J connectivity index is 1.71. The van der Waals surface area contributed by atoms with Gasteiger partial charge in [0.05, 0.1) is 29.0 Å². The van der Waals surface area contributed by atoms with Crippen molar-refractivity contribution in [3.63, 3.8) is 0 Å². The van der Waals surface area contributed by atoms with E-state index in [2.05, 4.69) is 10.6 Å². The SMILES string of the molecule is CCOC(=O)C1=C(C)N=c2s/c(=C\c3cc(C)n(-c4ccc(C)c(Cl)c4)c3C)c(=O)n2[C@@H]1c1ccccc1OCC. The van der Waals surface area contributed by atoms with Crippen molar-refractivity contribution < 1.29 is 14.3 Å². The van der Waals surface area contributed by atoms with Crippen molar-refractivity contribution in [2.75, 3.05) is 13.2 Å². The summed E-state index contributed by atoms with van der Waals surface area (Å²) in [5, 5.41) is 0.699. The lowest BCUT2D eigenvalue weighted by atomic mass is 9.95. The van der Waals surface area contributed by atoms with Gasteiger partial charge in [0.2, 0.25) is 0 Å². The molecule has 0 spiro atoms. The monoisotopic (exact) mass is 589 g/mol. The fourth-order valence-electron chi connectivity index (χ4n) is 5.27. The van der Waals surface area contributed by atoms with Crippen LogP contribution in [0.5, 0.6) is 5.75 Å². The zero-order valence-electron chi connectivity index (χ0n) is 23.9. The molecule has 3 heterocycles. The van der Waals surface area contributed by atoms with E-state index >= 15 is 0 Å². The molecule has 2 aromatic carbocycles. The lowest BCUT2D eigenvalue weighted by Crippen LogP contribution is -2.40. The number of nitrogens with zero attached hydrogens (tertiary/aromatic N) is 3. The Hall–Kier alpha value is -3.88. The van der Waals surface area contributed by atoms with Crippen molar-refractivity contribution in [3.05, 3.63) is 113 Å². The fraction of sp³-hybridized carbons (Fsp3) is 0.281. The first kappa shape index (κ1) is 28.6. The molecule has 4 aromatic rings. The third-order valence-corrected chi connectivity index (χ3v) is 8.59. The van der Waals surface area contributed by atoms with E-state index in [0.717, 1.165) is 28.2 Å².